The lowest BCUT2D eigenvalue weighted by molar-refractivity contribution is -0.141. The quantitative estimate of drug-likeness (QED) is 0.683. The number of carbonyl (C=O) groups excluding carboxylic acids is 3. The number of ether oxygens (including phenoxy) is 1. The molecule has 3 amide bonds. The molecule has 2 atom stereocenters. The van der Waals surface area contributed by atoms with Crippen LogP contribution < -0.4 is 10.6 Å². The topological polar surface area (TPSA) is 87.7 Å². The Bertz CT molecular complexity index is 797. The molecule has 0 aromatic heterocycles. The number of benzene rings is 1. The van der Waals surface area contributed by atoms with Gasteiger partial charge in [-0.1, -0.05) is 32.0 Å². The van der Waals surface area contributed by atoms with E-state index in [0.717, 1.165) is 16.7 Å². The number of alkyl carbamates (subject to hydrolysis) is 1. The Hall–Kier alpha value is -2.57. The molecule has 174 valence electrons. The van der Waals surface area contributed by atoms with E-state index in [4.69, 9.17) is 4.74 Å². The molecule has 1 aromatic rings. The zero-order chi connectivity index (χ0) is 24.1. The van der Waals surface area contributed by atoms with Crippen molar-refractivity contribution >= 4 is 17.9 Å². The SMILES string of the molecule is Cc1cccc(C(C(=O)NC(C)C)N(C)C(=O)C(NC(=O)OC(C)(C)C)C(C)C)c1C. The van der Waals surface area contributed by atoms with Gasteiger partial charge < -0.3 is 20.3 Å². The number of hydrogen-bond donors (Lipinski definition) is 2. The number of nitrogens with one attached hydrogen (secondary N) is 2. The average molecular weight is 434 g/mol. The van der Waals surface area contributed by atoms with Crippen LogP contribution in [0.2, 0.25) is 0 Å². The lowest BCUT2D eigenvalue weighted by atomic mass is 9.94. The second-order valence-corrected chi connectivity index (χ2v) is 9.67. The molecule has 1 aromatic carbocycles. The third-order valence-corrected chi connectivity index (χ3v) is 4.96. The molecule has 1 rings (SSSR count). The van der Waals surface area contributed by atoms with Crippen molar-refractivity contribution in [3.8, 4) is 0 Å². The number of nitrogens with zero attached hydrogens (tertiary/aromatic N) is 1. The van der Waals surface area contributed by atoms with E-state index >= 15 is 0 Å². The van der Waals surface area contributed by atoms with Crippen LogP contribution in [0.25, 0.3) is 0 Å². The highest BCUT2D eigenvalue weighted by molar-refractivity contribution is 5.92. The molecular weight excluding hydrogens is 394 g/mol. The van der Waals surface area contributed by atoms with Gasteiger partial charge in [-0.3, -0.25) is 9.59 Å². The Morgan fingerprint density at radius 2 is 1.58 bits per heavy atom. The van der Waals surface area contributed by atoms with Crippen LogP contribution in [-0.4, -0.2) is 47.5 Å². The first-order chi connectivity index (χ1) is 14.2. The van der Waals surface area contributed by atoms with E-state index in [1.54, 1.807) is 27.8 Å². The van der Waals surface area contributed by atoms with E-state index < -0.39 is 23.8 Å². The third kappa shape index (κ3) is 7.56. The molecular formula is C24H39N3O4. The van der Waals surface area contributed by atoms with Crippen molar-refractivity contribution in [2.45, 2.75) is 86.0 Å². The van der Waals surface area contributed by atoms with Crippen molar-refractivity contribution < 1.29 is 19.1 Å². The van der Waals surface area contributed by atoms with Crippen LogP contribution in [0.1, 0.15) is 71.2 Å². The summed E-state index contributed by atoms with van der Waals surface area (Å²) in [6, 6.07) is 3.98. The molecule has 0 aliphatic carbocycles. The maximum atomic E-state index is 13.5. The van der Waals surface area contributed by atoms with Gasteiger partial charge in [0.2, 0.25) is 11.8 Å². The average Bonchev–Trinajstić information content (AvgIpc) is 2.60. The van der Waals surface area contributed by atoms with Crippen LogP contribution in [0.5, 0.6) is 0 Å². The fraction of sp³-hybridized carbons (Fsp3) is 0.625. The van der Waals surface area contributed by atoms with Gasteiger partial charge in [-0.2, -0.15) is 0 Å². The number of aryl methyl sites for hydroxylation is 1. The molecule has 0 aliphatic heterocycles. The minimum atomic E-state index is -0.834. The van der Waals surface area contributed by atoms with Crippen LogP contribution in [-0.2, 0) is 14.3 Å². The summed E-state index contributed by atoms with van der Waals surface area (Å²) in [6.45, 7) is 16.6. The summed E-state index contributed by atoms with van der Waals surface area (Å²) < 4.78 is 5.33. The van der Waals surface area contributed by atoms with Crippen molar-refractivity contribution in [2.24, 2.45) is 5.92 Å². The smallest absolute Gasteiger partial charge is 0.408 e. The summed E-state index contributed by atoms with van der Waals surface area (Å²) >= 11 is 0. The molecule has 0 saturated heterocycles. The molecule has 0 aliphatic rings. The predicted octanol–water partition coefficient (Wildman–Crippen LogP) is 3.88. The van der Waals surface area contributed by atoms with E-state index in [1.165, 1.54) is 4.90 Å². The zero-order valence-corrected chi connectivity index (χ0v) is 20.6. The van der Waals surface area contributed by atoms with Crippen molar-refractivity contribution in [1.82, 2.24) is 15.5 Å². The maximum absolute atomic E-state index is 13.5. The van der Waals surface area contributed by atoms with Gasteiger partial charge in [0.1, 0.15) is 17.7 Å². The van der Waals surface area contributed by atoms with Crippen LogP contribution in [0, 0.1) is 19.8 Å². The number of hydrogen-bond acceptors (Lipinski definition) is 4. The predicted molar refractivity (Wildman–Crippen MR) is 123 cm³/mol. The molecule has 0 heterocycles. The van der Waals surface area contributed by atoms with E-state index in [9.17, 15) is 14.4 Å². The highest BCUT2D eigenvalue weighted by Gasteiger charge is 2.36. The fourth-order valence-corrected chi connectivity index (χ4v) is 3.25. The Morgan fingerprint density at radius 1 is 1.00 bits per heavy atom. The van der Waals surface area contributed by atoms with Gasteiger partial charge in [-0.25, -0.2) is 4.79 Å². The number of amides is 3. The van der Waals surface area contributed by atoms with Gasteiger partial charge in [-0.15, -0.1) is 0 Å². The molecule has 7 heteroatoms. The van der Waals surface area contributed by atoms with Crippen LogP contribution in [0.3, 0.4) is 0 Å². The molecule has 0 saturated carbocycles. The molecule has 0 fully saturated rings. The zero-order valence-electron chi connectivity index (χ0n) is 20.6. The minimum absolute atomic E-state index is 0.0793. The molecule has 0 spiro atoms. The summed E-state index contributed by atoms with van der Waals surface area (Å²) in [7, 11) is 1.60. The highest BCUT2D eigenvalue weighted by atomic mass is 16.6. The molecule has 0 radical (unpaired) electrons. The van der Waals surface area contributed by atoms with Crippen LogP contribution >= 0.6 is 0 Å². The van der Waals surface area contributed by atoms with Crippen molar-refractivity contribution in [3.05, 3.63) is 34.9 Å². The Morgan fingerprint density at radius 3 is 2.06 bits per heavy atom. The first-order valence-corrected chi connectivity index (χ1v) is 10.8. The van der Waals surface area contributed by atoms with Gasteiger partial charge in [0, 0.05) is 13.1 Å². The summed E-state index contributed by atoms with van der Waals surface area (Å²) in [4.78, 5) is 40.4. The number of rotatable bonds is 7. The number of likely N-dealkylation sites (N-methyl/N-ethyl adjacent to an activating group) is 1. The van der Waals surface area contributed by atoms with Gasteiger partial charge in [0.15, 0.2) is 0 Å². The van der Waals surface area contributed by atoms with Gasteiger partial charge in [0.25, 0.3) is 0 Å². The van der Waals surface area contributed by atoms with Gasteiger partial charge >= 0.3 is 6.09 Å². The highest BCUT2D eigenvalue weighted by Crippen LogP contribution is 2.27. The summed E-state index contributed by atoms with van der Waals surface area (Å²) in [6.07, 6.45) is -0.664. The minimum Gasteiger partial charge on any atom is -0.444 e. The van der Waals surface area contributed by atoms with E-state index in [0.29, 0.717) is 0 Å². The van der Waals surface area contributed by atoms with Crippen LogP contribution in [0.4, 0.5) is 4.79 Å². The molecule has 2 N–H and O–H groups in total. The largest absolute Gasteiger partial charge is 0.444 e. The standard InChI is InChI=1S/C24H39N3O4/c1-14(2)19(26-23(30)31-24(7,8)9)22(29)27(10)20(21(28)25-15(3)4)18-13-11-12-16(5)17(18)6/h11-15,19-20H,1-10H3,(H,25,28)(H,26,30). The van der Waals surface area contributed by atoms with Gasteiger partial charge in [0.05, 0.1) is 0 Å². The van der Waals surface area contributed by atoms with E-state index in [-0.39, 0.29) is 23.8 Å². The Balaban J connectivity index is 3.30. The monoisotopic (exact) mass is 433 g/mol. The second kappa shape index (κ2) is 10.6. The maximum Gasteiger partial charge on any atom is 0.408 e. The Kier molecular flexibility index (Phi) is 9.09. The molecule has 0 bridgehead atoms. The number of carbonyl (C=O) groups is 3. The van der Waals surface area contributed by atoms with Gasteiger partial charge in [-0.05, 0) is 71.1 Å². The lowest BCUT2D eigenvalue weighted by Crippen LogP contribution is -2.54. The summed E-state index contributed by atoms with van der Waals surface area (Å²) in [5.41, 5.74) is 2.06. The second-order valence-electron chi connectivity index (χ2n) is 9.67. The molecule has 31 heavy (non-hydrogen) atoms. The van der Waals surface area contributed by atoms with Crippen LogP contribution in [0.15, 0.2) is 18.2 Å². The van der Waals surface area contributed by atoms with Crippen molar-refractivity contribution in [2.75, 3.05) is 7.05 Å². The summed E-state index contributed by atoms with van der Waals surface area (Å²) in [5, 5.41) is 5.60. The molecule has 7 nitrogen and oxygen atoms in total. The Labute approximate surface area is 186 Å². The first kappa shape index (κ1) is 26.5. The third-order valence-electron chi connectivity index (χ3n) is 4.96. The fourth-order valence-electron chi connectivity index (χ4n) is 3.25. The summed E-state index contributed by atoms with van der Waals surface area (Å²) in [5.74, 6) is -0.820. The van der Waals surface area contributed by atoms with Crippen molar-refractivity contribution in [3.63, 3.8) is 0 Å². The van der Waals surface area contributed by atoms with E-state index in [1.807, 2.05) is 59.7 Å². The lowest BCUT2D eigenvalue weighted by Gasteiger charge is -2.34. The normalized spacial score (nSPS) is 13.5. The first-order valence-electron chi connectivity index (χ1n) is 10.8. The molecule has 2 unspecified atom stereocenters. The van der Waals surface area contributed by atoms with Crippen molar-refractivity contribution in [1.29, 1.82) is 0 Å². The van der Waals surface area contributed by atoms with E-state index in [2.05, 4.69) is 10.6 Å².